The predicted octanol–water partition coefficient (Wildman–Crippen LogP) is 20.8. The number of carbonyl (C=O) groups is 3. The summed E-state index contributed by atoms with van der Waals surface area (Å²) in [6.45, 7) is 6.56. The third-order valence-corrected chi connectivity index (χ3v) is 13.9. The summed E-state index contributed by atoms with van der Waals surface area (Å²) in [6.07, 6.45) is 71.5. The topological polar surface area (TPSA) is 78.9 Å². The van der Waals surface area contributed by atoms with Crippen molar-refractivity contribution in [2.24, 2.45) is 0 Å². The Balaban J connectivity index is 4.29. The molecule has 70 heavy (non-hydrogen) atoms. The van der Waals surface area contributed by atoms with Crippen LogP contribution in [0.1, 0.15) is 335 Å². The van der Waals surface area contributed by atoms with Crippen LogP contribution in [0.5, 0.6) is 0 Å². The maximum absolute atomic E-state index is 12.9. The Morgan fingerprint density at radius 2 is 0.557 bits per heavy atom. The van der Waals surface area contributed by atoms with Crippen molar-refractivity contribution in [3.05, 3.63) is 36.5 Å². The summed E-state index contributed by atoms with van der Waals surface area (Å²) >= 11 is 0. The average Bonchev–Trinajstić information content (AvgIpc) is 3.36. The summed E-state index contributed by atoms with van der Waals surface area (Å²) in [5.41, 5.74) is 0. The van der Waals surface area contributed by atoms with Crippen molar-refractivity contribution in [3.8, 4) is 0 Å². The molecule has 0 heterocycles. The van der Waals surface area contributed by atoms with Gasteiger partial charge in [0, 0.05) is 19.3 Å². The molecule has 0 amide bonds. The Morgan fingerprint density at radius 3 is 0.871 bits per heavy atom. The van der Waals surface area contributed by atoms with Gasteiger partial charge in [0.05, 0.1) is 0 Å². The van der Waals surface area contributed by atoms with E-state index in [0.29, 0.717) is 19.3 Å². The van der Waals surface area contributed by atoms with Crippen LogP contribution in [0.2, 0.25) is 0 Å². The van der Waals surface area contributed by atoms with E-state index in [-0.39, 0.29) is 31.1 Å². The van der Waals surface area contributed by atoms with Gasteiger partial charge in [0.2, 0.25) is 0 Å². The Bertz CT molecular complexity index is 1170. The fourth-order valence-corrected chi connectivity index (χ4v) is 9.28. The van der Waals surface area contributed by atoms with Crippen LogP contribution in [0.3, 0.4) is 0 Å². The zero-order valence-electron chi connectivity index (χ0n) is 47.1. The molecular formula is C64H118O6. The molecule has 0 saturated carbocycles. The van der Waals surface area contributed by atoms with E-state index >= 15 is 0 Å². The van der Waals surface area contributed by atoms with Gasteiger partial charge in [-0.05, 0) is 51.4 Å². The van der Waals surface area contributed by atoms with Crippen molar-refractivity contribution in [1.29, 1.82) is 0 Å². The van der Waals surface area contributed by atoms with E-state index in [4.69, 9.17) is 14.2 Å². The van der Waals surface area contributed by atoms with Crippen LogP contribution in [0.4, 0.5) is 0 Å². The molecule has 0 aliphatic carbocycles. The van der Waals surface area contributed by atoms with Gasteiger partial charge < -0.3 is 14.2 Å². The molecule has 0 N–H and O–H groups in total. The van der Waals surface area contributed by atoms with E-state index in [0.717, 1.165) is 83.5 Å². The summed E-state index contributed by atoms with van der Waals surface area (Å²) in [5, 5.41) is 0. The van der Waals surface area contributed by atoms with Gasteiger partial charge in [-0.1, -0.05) is 301 Å². The lowest BCUT2D eigenvalue weighted by Gasteiger charge is -2.18. The minimum absolute atomic E-state index is 0.0762. The minimum atomic E-state index is -0.780. The standard InChI is InChI=1S/C64H118O6/c1-4-7-10-13-16-19-22-25-27-29-31-32-33-35-36-39-42-45-48-51-54-57-63(66)69-60-61(59-68-62(65)56-53-50-47-44-41-38-24-21-18-15-12-9-6-3)70-64(67)58-55-52-49-46-43-40-37-34-30-28-26-23-20-17-14-11-8-5-2/h9,12,18,21,38,41,61H,4-8,10-11,13-17,19-20,22-37,39-40,42-60H2,1-3H3/b12-9-,21-18-,41-38-. The summed E-state index contributed by atoms with van der Waals surface area (Å²) in [5.74, 6) is -0.883. The molecule has 0 saturated heterocycles. The van der Waals surface area contributed by atoms with Gasteiger partial charge in [-0.2, -0.15) is 0 Å². The summed E-state index contributed by atoms with van der Waals surface area (Å²) in [6, 6.07) is 0. The minimum Gasteiger partial charge on any atom is -0.462 e. The van der Waals surface area contributed by atoms with Gasteiger partial charge in [0.1, 0.15) is 13.2 Å². The largest absolute Gasteiger partial charge is 0.462 e. The normalized spacial score (nSPS) is 12.2. The molecule has 0 spiro atoms. The zero-order valence-corrected chi connectivity index (χ0v) is 47.1. The third-order valence-electron chi connectivity index (χ3n) is 13.9. The van der Waals surface area contributed by atoms with Crippen LogP contribution in [0.15, 0.2) is 36.5 Å². The van der Waals surface area contributed by atoms with E-state index in [2.05, 4.69) is 57.2 Å². The second-order valence-electron chi connectivity index (χ2n) is 21.0. The number of allylic oxidation sites excluding steroid dienone is 6. The molecule has 0 aliphatic rings. The number of unbranched alkanes of at least 4 members (excludes halogenated alkanes) is 40. The maximum Gasteiger partial charge on any atom is 0.306 e. The van der Waals surface area contributed by atoms with Gasteiger partial charge in [-0.3, -0.25) is 14.4 Å². The number of carbonyl (C=O) groups excluding carboxylic acids is 3. The van der Waals surface area contributed by atoms with Crippen molar-refractivity contribution >= 4 is 17.9 Å². The first kappa shape index (κ1) is 67.6. The van der Waals surface area contributed by atoms with Crippen LogP contribution < -0.4 is 0 Å². The van der Waals surface area contributed by atoms with Gasteiger partial charge in [0.15, 0.2) is 6.10 Å². The van der Waals surface area contributed by atoms with E-state index in [1.165, 1.54) is 212 Å². The average molecular weight is 984 g/mol. The summed E-state index contributed by atoms with van der Waals surface area (Å²) < 4.78 is 16.9. The Hall–Kier alpha value is -2.37. The van der Waals surface area contributed by atoms with Gasteiger partial charge in [-0.25, -0.2) is 0 Å². The summed E-state index contributed by atoms with van der Waals surface area (Å²) in [7, 11) is 0. The molecule has 0 fully saturated rings. The lowest BCUT2D eigenvalue weighted by Crippen LogP contribution is -2.30. The zero-order chi connectivity index (χ0) is 50.7. The Labute approximate surface area is 435 Å². The van der Waals surface area contributed by atoms with Crippen LogP contribution >= 0.6 is 0 Å². The molecule has 0 aromatic heterocycles. The molecule has 0 aliphatic heterocycles. The highest BCUT2D eigenvalue weighted by Crippen LogP contribution is 2.18. The molecule has 6 nitrogen and oxygen atoms in total. The predicted molar refractivity (Wildman–Crippen MR) is 302 cm³/mol. The monoisotopic (exact) mass is 983 g/mol. The van der Waals surface area contributed by atoms with Crippen molar-refractivity contribution in [3.63, 3.8) is 0 Å². The molecule has 1 unspecified atom stereocenters. The molecule has 0 aromatic carbocycles. The molecule has 1 atom stereocenters. The number of hydrogen-bond donors (Lipinski definition) is 0. The van der Waals surface area contributed by atoms with Gasteiger partial charge in [0.25, 0.3) is 0 Å². The Morgan fingerprint density at radius 1 is 0.300 bits per heavy atom. The SMILES string of the molecule is CC/C=C\C/C=C\C/C=C\CCCCCC(=O)OCC(COC(=O)CCCCCCCCCCCCCCCCCCCCCCC)OC(=O)CCCCCCCCCCCCCCCCCCCC. The van der Waals surface area contributed by atoms with E-state index in [1.54, 1.807) is 0 Å². The fourth-order valence-electron chi connectivity index (χ4n) is 9.28. The van der Waals surface area contributed by atoms with Crippen LogP contribution in [-0.4, -0.2) is 37.2 Å². The quantitative estimate of drug-likeness (QED) is 0.0261. The first-order chi connectivity index (χ1) is 34.5. The molecule has 0 bridgehead atoms. The second kappa shape index (κ2) is 59.2. The van der Waals surface area contributed by atoms with E-state index in [9.17, 15) is 14.4 Å². The van der Waals surface area contributed by atoms with Crippen LogP contribution in [-0.2, 0) is 28.6 Å². The highest BCUT2D eigenvalue weighted by Gasteiger charge is 2.19. The maximum atomic E-state index is 12.9. The lowest BCUT2D eigenvalue weighted by atomic mass is 10.0. The highest BCUT2D eigenvalue weighted by atomic mass is 16.6. The van der Waals surface area contributed by atoms with Crippen molar-refractivity contribution in [1.82, 2.24) is 0 Å². The third kappa shape index (κ3) is 56.5. The summed E-state index contributed by atoms with van der Waals surface area (Å²) in [4.78, 5) is 38.2. The molecule has 0 radical (unpaired) electrons. The smallest absolute Gasteiger partial charge is 0.306 e. The number of rotatable bonds is 57. The highest BCUT2D eigenvalue weighted by molar-refractivity contribution is 5.71. The van der Waals surface area contributed by atoms with Crippen LogP contribution in [0.25, 0.3) is 0 Å². The number of ether oxygens (including phenoxy) is 3. The molecule has 0 aromatic rings. The van der Waals surface area contributed by atoms with E-state index < -0.39 is 6.10 Å². The number of esters is 3. The van der Waals surface area contributed by atoms with E-state index in [1.807, 2.05) is 0 Å². The Kier molecular flexibility index (Phi) is 57.2. The molecule has 410 valence electrons. The fraction of sp³-hybridized carbons (Fsp3) is 0.859. The lowest BCUT2D eigenvalue weighted by molar-refractivity contribution is -0.167. The first-order valence-corrected chi connectivity index (χ1v) is 31.0. The van der Waals surface area contributed by atoms with Crippen LogP contribution in [0, 0.1) is 0 Å². The second-order valence-corrected chi connectivity index (χ2v) is 21.0. The molecule has 6 heteroatoms. The van der Waals surface area contributed by atoms with Crippen molar-refractivity contribution in [2.75, 3.05) is 13.2 Å². The van der Waals surface area contributed by atoms with Gasteiger partial charge in [-0.15, -0.1) is 0 Å². The van der Waals surface area contributed by atoms with Crippen molar-refractivity contribution in [2.45, 2.75) is 341 Å². The van der Waals surface area contributed by atoms with Gasteiger partial charge >= 0.3 is 17.9 Å². The first-order valence-electron chi connectivity index (χ1n) is 31.0. The molecular weight excluding hydrogens is 865 g/mol. The van der Waals surface area contributed by atoms with Crippen molar-refractivity contribution < 1.29 is 28.6 Å². The molecule has 0 rings (SSSR count). The number of hydrogen-bond acceptors (Lipinski definition) is 6.